The number of hydrogen-bond acceptors (Lipinski definition) is 5. The number of hydrogen-bond donors (Lipinski definition) is 1. The first-order valence-corrected chi connectivity index (χ1v) is 6.05. The van der Waals surface area contributed by atoms with Gasteiger partial charge in [0.25, 0.3) is 6.43 Å². The molecule has 1 unspecified atom stereocenters. The fourth-order valence-corrected chi connectivity index (χ4v) is 1.32. The summed E-state index contributed by atoms with van der Waals surface area (Å²) in [4.78, 5) is 0. The molecule has 0 aliphatic heterocycles. The average Bonchev–Trinajstić information content (AvgIpc) is 2.80. The molecule has 1 atom stereocenters. The van der Waals surface area contributed by atoms with Gasteiger partial charge in [-0.1, -0.05) is 6.92 Å². The van der Waals surface area contributed by atoms with Gasteiger partial charge in [0.2, 0.25) is 11.8 Å². The molecule has 5 nitrogen and oxygen atoms in total. The second kappa shape index (κ2) is 8.10. The van der Waals surface area contributed by atoms with Crippen LogP contribution in [0.2, 0.25) is 0 Å². The Morgan fingerprint density at radius 1 is 1.39 bits per heavy atom. The molecule has 0 amide bonds. The quantitative estimate of drug-likeness (QED) is 0.690. The minimum Gasteiger partial charge on any atom is -0.423 e. The standard InChI is InChI=1S/C11H19F2N3O2/c1-3-5-14-8(2)11-16-15-10(18-11)4-6-17-7-9(12)13/h8-9,14H,3-7H2,1-2H3. The molecule has 1 aromatic heterocycles. The second-order valence-electron chi connectivity index (χ2n) is 3.93. The van der Waals surface area contributed by atoms with Crippen molar-refractivity contribution in [3.8, 4) is 0 Å². The molecule has 7 heteroatoms. The molecule has 104 valence electrons. The molecule has 0 saturated heterocycles. The zero-order valence-corrected chi connectivity index (χ0v) is 10.7. The molecule has 1 N–H and O–H groups in total. The van der Waals surface area contributed by atoms with E-state index in [1.165, 1.54) is 0 Å². The molecule has 0 spiro atoms. The second-order valence-corrected chi connectivity index (χ2v) is 3.93. The van der Waals surface area contributed by atoms with Crippen molar-refractivity contribution in [1.29, 1.82) is 0 Å². The molecule has 1 aromatic rings. The van der Waals surface area contributed by atoms with Crippen molar-refractivity contribution in [1.82, 2.24) is 15.5 Å². The van der Waals surface area contributed by atoms with E-state index in [1.807, 2.05) is 6.92 Å². The van der Waals surface area contributed by atoms with E-state index in [-0.39, 0.29) is 12.6 Å². The number of nitrogens with zero attached hydrogens (tertiary/aromatic N) is 2. The van der Waals surface area contributed by atoms with Crippen LogP contribution in [0.3, 0.4) is 0 Å². The number of nitrogens with one attached hydrogen (secondary N) is 1. The van der Waals surface area contributed by atoms with Gasteiger partial charge >= 0.3 is 0 Å². The van der Waals surface area contributed by atoms with Gasteiger partial charge in [-0.05, 0) is 19.9 Å². The van der Waals surface area contributed by atoms with Gasteiger partial charge in [-0.25, -0.2) is 8.78 Å². The Labute approximate surface area is 105 Å². The summed E-state index contributed by atoms with van der Waals surface area (Å²) in [7, 11) is 0. The molecular formula is C11H19F2N3O2. The van der Waals surface area contributed by atoms with Gasteiger partial charge in [-0.3, -0.25) is 0 Å². The van der Waals surface area contributed by atoms with E-state index >= 15 is 0 Å². The summed E-state index contributed by atoms with van der Waals surface area (Å²) >= 11 is 0. The summed E-state index contributed by atoms with van der Waals surface area (Å²) in [6, 6.07) is -0.00631. The molecule has 0 saturated carbocycles. The van der Waals surface area contributed by atoms with E-state index < -0.39 is 13.0 Å². The first kappa shape index (κ1) is 15.0. The van der Waals surface area contributed by atoms with Gasteiger partial charge in [0, 0.05) is 6.42 Å². The Morgan fingerprint density at radius 3 is 2.83 bits per heavy atom. The highest BCUT2D eigenvalue weighted by molar-refractivity contribution is 4.88. The van der Waals surface area contributed by atoms with E-state index in [9.17, 15) is 8.78 Å². The van der Waals surface area contributed by atoms with Gasteiger partial charge in [-0.2, -0.15) is 0 Å². The monoisotopic (exact) mass is 263 g/mol. The van der Waals surface area contributed by atoms with Gasteiger partial charge in [-0.15, -0.1) is 10.2 Å². The van der Waals surface area contributed by atoms with Gasteiger partial charge in [0.15, 0.2) is 0 Å². The van der Waals surface area contributed by atoms with Crippen LogP contribution in [-0.4, -0.2) is 36.4 Å². The summed E-state index contributed by atoms with van der Waals surface area (Å²) in [5.41, 5.74) is 0. The topological polar surface area (TPSA) is 60.2 Å². The van der Waals surface area contributed by atoms with Gasteiger partial charge < -0.3 is 14.5 Å². The van der Waals surface area contributed by atoms with Gasteiger partial charge in [0.05, 0.1) is 12.6 Å². The maximum atomic E-state index is 11.8. The lowest BCUT2D eigenvalue weighted by Gasteiger charge is -2.07. The molecule has 18 heavy (non-hydrogen) atoms. The van der Waals surface area contributed by atoms with Crippen LogP contribution in [0.5, 0.6) is 0 Å². The van der Waals surface area contributed by atoms with Crippen LogP contribution < -0.4 is 5.32 Å². The fourth-order valence-electron chi connectivity index (χ4n) is 1.32. The first-order chi connectivity index (χ1) is 8.63. The maximum Gasteiger partial charge on any atom is 0.261 e. The molecule has 0 radical (unpaired) electrons. The zero-order chi connectivity index (χ0) is 13.4. The molecule has 0 bridgehead atoms. The lowest BCUT2D eigenvalue weighted by atomic mass is 10.3. The van der Waals surface area contributed by atoms with E-state index in [2.05, 4.69) is 22.4 Å². The van der Waals surface area contributed by atoms with Gasteiger partial charge in [0.1, 0.15) is 6.61 Å². The van der Waals surface area contributed by atoms with Crippen molar-refractivity contribution in [2.24, 2.45) is 0 Å². The van der Waals surface area contributed by atoms with E-state index in [0.29, 0.717) is 18.2 Å². The molecule has 0 fully saturated rings. The van der Waals surface area contributed by atoms with Crippen molar-refractivity contribution < 1.29 is 17.9 Å². The van der Waals surface area contributed by atoms with Crippen molar-refractivity contribution >= 4 is 0 Å². The minimum atomic E-state index is -2.44. The van der Waals surface area contributed by atoms with E-state index in [1.54, 1.807) is 0 Å². The minimum absolute atomic E-state index is 0.00631. The zero-order valence-electron chi connectivity index (χ0n) is 10.7. The Bertz CT molecular complexity index is 334. The van der Waals surface area contributed by atoms with Crippen molar-refractivity contribution in [3.05, 3.63) is 11.8 Å². The highest BCUT2D eigenvalue weighted by Gasteiger charge is 2.13. The van der Waals surface area contributed by atoms with Crippen LogP contribution in [-0.2, 0) is 11.2 Å². The Kier molecular flexibility index (Phi) is 6.74. The summed E-state index contributed by atoms with van der Waals surface area (Å²) in [6.07, 6.45) is -1.07. The third-order valence-electron chi connectivity index (χ3n) is 2.26. The highest BCUT2D eigenvalue weighted by Crippen LogP contribution is 2.10. The maximum absolute atomic E-state index is 11.8. The molecule has 1 heterocycles. The SMILES string of the molecule is CCCNC(C)c1nnc(CCOCC(F)F)o1. The fraction of sp³-hybridized carbons (Fsp3) is 0.818. The third-order valence-corrected chi connectivity index (χ3v) is 2.26. The van der Waals surface area contributed by atoms with Crippen molar-refractivity contribution in [2.75, 3.05) is 19.8 Å². The predicted octanol–water partition coefficient (Wildman–Crippen LogP) is 1.95. The van der Waals surface area contributed by atoms with Crippen LogP contribution in [0.25, 0.3) is 0 Å². The lowest BCUT2D eigenvalue weighted by Crippen LogP contribution is -2.19. The number of alkyl halides is 2. The number of ether oxygens (including phenoxy) is 1. The largest absolute Gasteiger partial charge is 0.423 e. The Hall–Kier alpha value is -1.08. The Balaban J connectivity index is 2.29. The van der Waals surface area contributed by atoms with E-state index in [4.69, 9.17) is 9.15 Å². The summed E-state index contributed by atoms with van der Waals surface area (Å²) in [6.45, 7) is 4.47. The van der Waals surface area contributed by atoms with Crippen molar-refractivity contribution in [2.45, 2.75) is 39.2 Å². The normalized spacial score (nSPS) is 13.2. The highest BCUT2D eigenvalue weighted by atomic mass is 19.3. The number of rotatable bonds is 9. The number of aromatic nitrogens is 2. The predicted molar refractivity (Wildman–Crippen MR) is 61.5 cm³/mol. The molecule has 1 rings (SSSR count). The van der Waals surface area contributed by atoms with Crippen LogP contribution in [0.15, 0.2) is 4.42 Å². The molecule has 0 aliphatic rings. The summed E-state index contributed by atoms with van der Waals surface area (Å²) in [5.74, 6) is 0.914. The lowest BCUT2D eigenvalue weighted by molar-refractivity contribution is 0.0173. The smallest absolute Gasteiger partial charge is 0.261 e. The van der Waals surface area contributed by atoms with E-state index in [0.717, 1.165) is 13.0 Å². The molecular weight excluding hydrogens is 244 g/mol. The Morgan fingerprint density at radius 2 is 2.17 bits per heavy atom. The summed E-state index contributed by atoms with van der Waals surface area (Å²) < 4.78 is 33.7. The molecule has 0 aliphatic carbocycles. The van der Waals surface area contributed by atoms with Crippen LogP contribution in [0, 0.1) is 0 Å². The molecule has 0 aromatic carbocycles. The first-order valence-electron chi connectivity index (χ1n) is 6.05. The number of halogens is 2. The summed E-state index contributed by atoms with van der Waals surface area (Å²) in [5, 5.41) is 11.0. The van der Waals surface area contributed by atoms with Crippen molar-refractivity contribution in [3.63, 3.8) is 0 Å². The van der Waals surface area contributed by atoms with Crippen LogP contribution in [0.1, 0.15) is 38.1 Å². The van der Waals surface area contributed by atoms with Crippen LogP contribution in [0.4, 0.5) is 8.78 Å². The average molecular weight is 263 g/mol. The van der Waals surface area contributed by atoms with Crippen LogP contribution >= 0.6 is 0 Å². The third kappa shape index (κ3) is 5.50.